The lowest BCUT2D eigenvalue weighted by Crippen LogP contribution is -2.48. The van der Waals surface area contributed by atoms with E-state index in [-0.39, 0.29) is 31.1 Å². The number of aliphatic carboxylic acids is 1. The van der Waals surface area contributed by atoms with Gasteiger partial charge >= 0.3 is 12.0 Å². The van der Waals surface area contributed by atoms with Gasteiger partial charge in [0.2, 0.25) is 0 Å². The summed E-state index contributed by atoms with van der Waals surface area (Å²) < 4.78 is 0. The highest BCUT2D eigenvalue weighted by Crippen LogP contribution is 2.38. The first-order valence-electron chi connectivity index (χ1n) is 7.69. The number of carboxylic acids is 1. The number of nitrogens with zero attached hydrogens (tertiary/aromatic N) is 1. The predicted molar refractivity (Wildman–Crippen MR) is 83.3 cm³/mol. The van der Waals surface area contributed by atoms with Gasteiger partial charge in [-0.05, 0) is 30.4 Å². The van der Waals surface area contributed by atoms with Crippen LogP contribution in [0.15, 0.2) is 36.4 Å². The van der Waals surface area contributed by atoms with E-state index in [1.807, 2.05) is 23.1 Å². The van der Waals surface area contributed by atoms with Crippen molar-refractivity contribution < 1.29 is 14.7 Å². The topological polar surface area (TPSA) is 69.6 Å². The number of hydrogen-bond donors (Lipinski definition) is 2. The summed E-state index contributed by atoms with van der Waals surface area (Å²) in [5.74, 6) is -0.895. The summed E-state index contributed by atoms with van der Waals surface area (Å²) in [6, 6.07) is 10.5. The van der Waals surface area contributed by atoms with Crippen molar-refractivity contribution in [1.29, 1.82) is 0 Å². The number of rotatable bonds is 4. The zero-order valence-electron chi connectivity index (χ0n) is 12.4. The number of benzene rings is 1. The van der Waals surface area contributed by atoms with Crippen molar-refractivity contribution in [2.75, 3.05) is 6.54 Å². The second-order valence-electron chi connectivity index (χ2n) is 5.84. The molecule has 2 bridgehead atoms. The van der Waals surface area contributed by atoms with Crippen molar-refractivity contribution in [2.45, 2.75) is 37.8 Å². The molecule has 2 N–H and O–H groups in total. The molecular formula is C17H20N2O3. The molecule has 0 spiro atoms. The van der Waals surface area contributed by atoms with Crippen LogP contribution in [0.5, 0.6) is 0 Å². The van der Waals surface area contributed by atoms with Gasteiger partial charge in [-0.25, -0.2) is 4.79 Å². The number of carbonyl (C=O) groups excluding carboxylic acids is 1. The maximum Gasteiger partial charge on any atom is 0.318 e. The molecule has 0 aromatic heterocycles. The van der Waals surface area contributed by atoms with Crippen molar-refractivity contribution in [3.63, 3.8) is 0 Å². The quantitative estimate of drug-likeness (QED) is 0.897. The highest BCUT2D eigenvalue weighted by Gasteiger charge is 2.39. The third-order valence-corrected chi connectivity index (χ3v) is 4.39. The van der Waals surface area contributed by atoms with Gasteiger partial charge in [0, 0.05) is 12.6 Å². The van der Waals surface area contributed by atoms with Gasteiger partial charge in [-0.3, -0.25) is 4.79 Å². The van der Waals surface area contributed by atoms with E-state index < -0.39 is 5.97 Å². The van der Waals surface area contributed by atoms with Gasteiger partial charge in [-0.2, -0.15) is 0 Å². The second-order valence-corrected chi connectivity index (χ2v) is 5.84. The molecule has 1 fully saturated rings. The fraction of sp³-hybridized carbons (Fsp3) is 0.412. The lowest BCUT2D eigenvalue weighted by atomic mass is 9.95. The minimum atomic E-state index is -0.895. The minimum absolute atomic E-state index is 0.0416. The van der Waals surface area contributed by atoms with Gasteiger partial charge in [0.1, 0.15) is 0 Å². The smallest absolute Gasteiger partial charge is 0.318 e. The molecule has 1 saturated heterocycles. The van der Waals surface area contributed by atoms with Gasteiger partial charge in [-0.1, -0.05) is 36.4 Å². The van der Waals surface area contributed by atoms with Crippen molar-refractivity contribution in [2.24, 2.45) is 0 Å². The molecule has 5 nitrogen and oxygen atoms in total. The Balaban J connectivity index is 1.68. The number of urea groups is 1. The number of carboxylic acid groups (broad SMARTS) is 1. The van der Waals surface area contributed by atoms with Crippen LogP contribution >= 0.6 is 0 Å². The van der Waals surface area contributed by atoms with E-state index in [4.69, 9.17) is 5.11 Å². The maximum absolute atomic E-state index is 12.3. The Morgan fingerprint density at radius 1 is 1.23 bits per heavy atom. The fourth-order valence-corrected chi connectivity index (χ4v) is 3.38. The van der Waals surface area contributed by atoms with E-state index in [2.05, 4.69) is 23.5 Å². The van der Waals surface area contributed by atoms with Gasteiger partial charge < -0.3 is 15.3 Å². The summed E-state index contributed by atoms with van der Waals surface area (Å²) in [6.07, 6.45) is 5.00. The second kappa shape index (κ2) is 6.22. The van der Waals surface area contributed by atoms with Gasteiger partial charge in [-0.15, -0.1) is 0 Å². The van der Waals surface area contributed by atoms with Gasteiger partial charge in [0.25, 0.3) is 0 Å². The Bertz CT molecular complexity index is 597. The molecular weight excluding hydrogens is 280 g/mol. The Labute approximate surface area is 129 Å². The summed E-state index contributed by atoms with van der Waals surface area (Å²) in [4.78, 5) is 24.7. The molecule has 3 rings (SSSR count). The molecule has 116 valence electrons. The molecule has 22 heavy (non-hydrogen) atoms. The van der Waals surface area contributed by atoms with Crippen molar-refractivity contribution in [1.82, 2.24) is 10.2 Å². The van der Waals surface area contributed by atoms with E-state index in [0.717, 1.165) is 19.3 Å². The van der Waals surface area contributed by atoms with Crippen LogP contribution in [0.25, 0.3) is 5.57 Å². The molecule has 1 aromatic carbocycles. The SMILES string of the molecule is O=C(O)CCNC(=O)N1C2C=C(c3ccccc3)CC1CC2. The Hall–Kier alpha value is -2.30. The molecule has 2 atom stereocenters. The van der Waals surface area contributed by atoms with Crippen LogP contribution in [0, 0.1) is 0 Å². The summed E-state index contributed by atoms with van der Waals surface area (Å²) in [7, 11) is 0. The van der Waals surface area contributed by atoms with Crippen LogP contribution in [0.1, 0.15) is 31.2 Å². The third-order valence-electron chi connectivity index (χ3n) is 4.39. The molecule has 2 aliphatic rings. The Morgan fingerprint density at radius 3 is 2.68 bits per heavy atom. The van der Waals surface area contributed by atoms with Crippen LogP contribution in [-0.4, -0.2) is 40.6 Å². The van der Waals surface area contributed by atoms with Crippen LogP contribution < -0.4 is 5.32 Å². The first-order chi connectivity index (χ1) is 10.6. The van der Waals surface area contributed by atoms with E-state index in [0.29, 0.717) is 0 Å². The molecule has 0 saturated carbocycles. The highest BCUT2D eigenvalue weighted by atomic mass is 16.4. The fourth-order valence-electron chi connectivity index (χ4n) is 3.38. The molecule has 0 radical (unpaired) electrons. The number of nitrogens with one attached hydrogen (secondary N) is 1. The summed E-state index contributed by atoms with van der Waals surface area (Å²) in [6.45, 7) is 0.180. The van der Waals surface area contributed by atoms with Crippen LogP contribution in [0.2, 0.25) is 0 Å². The molecule has 0 aliphatic carbocycles. The minimum Gasteiger partial charge on any atom is -0.481 e. The molecule has 2 unspecified atom stereocenters. The maximum atomic E-state index is 12.3. The van der Waals surface area contributed by atoms with Crippen molar-refractivity contribution in [3.8, 4) is 0 Å². The first kappa shape index (κ1) is 14.6. The summed E-state index contributed by atoms with van der Waals surface area (Å²) in [5.41, 5.74) is 2.54. The molecule has 2 heterocycles. The van der Waals surface area contributed by atoms with E-state index in [1.165, 1.54) is 11.1 Å². The van der Waals surface area contributed by atoms with Gasteiger partial charge in [0.05, 0.1) is 12.5 Å². The highest BCUT2D eigenvalue weighted by molar-refractivity contribution is 5.79. The largest absolute Gasteiger partial charge is 0.481 e. The zero-order valence-corrected chi connectivity index (χ0v) is 12.4. The van der Waals surface area contributed by atoms with Crippen LogP contribution in [0.3, 0.4) is 0 Å². The lowest BCUT2D eigenvalue weighted by Gasteiger charge is -2.34. The summed E-state index contributed by atoms with van der Waals surface area (Å²) in [5, 5.41) is 11.4. The zero-order chi connectivity index (χ0) is 15.5. The van der Waals surface area contributed by atoms with E-state index >= 15 is 0 Å². The summed E-state index contributed by atoms with van der Waals surface area (Å²) >= 11 is 0. The molecule has 2 aliphatic heterocycles. The third kappa shape index (κ3) is 2.98. The number of hydrogen-bond acceptors (Lipinski definition) is 2. The molecule has 1 aromatic rings. The molecule has 2 amide bonds. The van der Waals surface area contributed by atoms with Crippen LogP contribution in [0.4, 0.5) is 4.79 Å². The van der Waals surface area contributed by atoms with Crippen LogP contribution in [-0.2, 0) is 4.79 Å². The van der Waals surface area contributed by atoms with Crippen molar-refractivity contribution >= 4 is 17.6 Å². The Kier molecular flexibility index (Phi) is 4.13. The first-order valence-corrected chi connectivity index (χ1v) is 7.69. The number of fused-ring (bicyclic) bond motifs is 2. The predicted octanol–water partition coefficient (Wildman–Crippen LogP) is 2.49. The van der Waals surface area contributed by atoms with Gasteiger partial charge in [0.15, 0.2) is 0 Å². The Morgan fingerprint density at radius 2 is 2.00 bits per heavy atom. The number of carbonyl (C=O) groups is 2. The lowest BCUT2D eigenvalue weighted by molar-refractivity contribution is -0.136. The van der Waals surface area contributed by atoms with E-state index in [1.54, 1.807) is 0 Å². The average molecular weight is 300 g/mol. The molecule has 5 heteroatoms. The number of amides is 2. The average Bonchev–Trinajstić information content (AvgIpc) is 2.78. The van der Waals surface area contributed by atoms with Crippen molar-refractivity contribution in [3.05, 3.63) is 42.0 Å². The standard InChI is InChI=1S/C17H20N2O3/c20-16(21)8-9-18-17(22)19-14-6-7-15(19)11-13(10-14)12-4-2-1-3-5-12/h1-5,10,14-15H,6-9,11H2,(H,18,22)(H,20,21). The monoisotopic (exact) mass is 300 g/mol. The van der Waals surface area contributed by atoms with E-state index in [9.17, 15) is 9.59 Å². The normalized spacial score (nSPS) is 23.1.